The van der Waals surface area contributed by atoms with Gasteiger partial charge in [0.15, 0.2) is 0 Å². The van der Waals surface area contributed by atoms with Gasteiger partial charge in [-0.1, -0.05) is 41.4 Å². The van der Waals surface area contributed by atoms with Crippen LogP contribution in [-0.2, 0) is 17.6 Å². The van der Waals surface area contributed by atoms with Crippen LogP contribution in [-0.4, -0.2) is 42.2 Å². The van der Waals surface area contributed by atoms with Gasteiger partial charge in [-0.3, -0.25) is 9.69 Å². The van der Waals surface area contributed by atoms with Crippen LogP contribution in [0, 0.1) is 5.92 Å². The fraction of sp³-hybridized carbons (Fsp3) is 0.375. The maximum atomic E-state index is 10.9. The smallest absolute Gasteiger partial charge is 0.309 e. The van der Waals surface area contributed by atoms with Crippen molar-refractivity contribution in [1.82, 2.24) is 4.90 Å². The monoisotopic (exact) mass is 411 g/mol. The molecular weight excluding hydrogens is 386 g/mol. The third-order valence-corrected chi connectivity index (χ3v) is 5.97. The molecule has 0 radical (unpaired) electrons. The molecule has 1 heterocycles. The summed E-state index contributed by atoms with van der Waals surface area (Å²) in [6.07, 6.45) is 6.25. The Balaban J connectivity index is 1.25. The predicted octanol–water partition coefficient (Wildman–Crippen LogP) is 4.70. The summed E-state index contributed by atoms with van der Waals surface area (Å²) in [4.78, 5) is 13.2. The Morgan fingerprint density at radius 1 is 1.14 bits per heavy atom. The van der Waals surface area contributed by atoms with Gasteiger partial charge in [0.05, 0.1) is 12.5 Å². The van der Waals surface area contributed by atoms with Gasteiger partial charge in [-0.05, 0) is 66.6 Å². The highest BCUT2D eigenvalue weighted by Crippen LogP contribution is 2.29. The molecule has 4 rings (SSSR count). The summed E-state index contributed by atoms with van der Waals surface area (Å²) in [5.74, 6) is 0.0690. The second-order valence-corrected chi connectivity index (χ2v) is 8.41. The van der Waals surface area contributed by atoms with Crippen molar-refractivity contribution < 1.29 is 14.6 Å². The molecule has 0 aromatic heterocycles. The summed E-state index contributed by atoms with van der Waals surface area (Å²) in [6, 6.07) is 14.3. The number of fused-ring (bicyclic) bond motifs is 1. The van der Waals surface area contributed by atoms with Gasteiger partial charge >= 0.3 is 5.97 Å². The predicted molar refractivity (Wildman–Crippen MR) is 116 cm³/mol. The molecule has 1 aliphatic heterocycles. The maximum Gasteiger partial charge on any atom is 0.309 e. The molecule has 0 saturated carbocycles. The van der Waals surface area contributed by atoms with E-state index in [2.05, 4.69) is 35.2 Å². The number of nitrogens with zero attached hydrogens (tertiary/aromatic N) is 1. The SMILES string of the molecule is O=C(O)C1CN(CC2=Cc3ccc(OCCCc4ccc(Cl)cc4)cc3CC2)C1. The molecule has 1 saturated heterocycles. The standard InChI is InChI=1S/C24H26ClNO3/c25-22-8-4-17(5-9-22)2-1-11-29-23-10-7-19-12-18(3-6-20(19)13-23)14-26-15-21(16-26)24(27)28/h4-5,7-10,12-13,21H,1-3,6,11,14-16H2,(H,27,28). The van der Waals surface area contributed by atoms with Gasteiger partial charge in [0.25, 0.3) is 0 Å². The number of carboxylic acid groups (broad SMARTS) is 1. The minimum absolute atomic E-state index is 0.189. The molecule has 0 amide bonds. The zero-order valence-corrected chi connectivity index (χ0v) is 17.2. The van der Waals surface area contributed by atoms with E-state index in [1.807, 2.05) is 18.2 Å². The Morgan fingerprint density at radius 3 is 2.69 bits per heavy atom. The van der Waals surface area contributed by atoms with Gasteiger partial charge in [-0.15, -0.1) is 0 Å². The molecule has 2 aromatic carbocycles. The van der Waals surface area contributed by atoms with Crippen LogP contribution in [0.2, 0.25) is 5.02 Å². The van der Waals surface area contributed by atoms with Gasteiger partial charge in [0.1, 0.15) is 5.75 Å². The largest absolute Gasteiger partial charge is 0.494 e. The maximum absolute atomic E-state index is 10.9. The molecule has 0 spiro atoms. The lowest BCUT2D eigenvalue weighted by Gasteiger charge is -2.37. The van der Waals surface area contributed by atoms with Gasteiger partial charge in [0.2, 0.25) is 0 Å². The fourth-order valence-corrected chi connectivity index (χ4v) is 4.13. The van der Waals surface area contributed by atoms with Crippen LogP contribution in [0.3, 0.4) is 0 Å². The van der Waals surface area contributed by atoms with Crippen molar-refractivity contribution >= 4 is 23.6 Å². The third-order valence-electron chi connectivity index (χ3n) is 5.71. The van der Waals surface area contributed by atoms with Crippen molar-refractivity contribution in [3.05, 3.63) is 69.8 Å². The van der Waals surface area contributed by atoms with Crippen LogP contribution in [0.25, 0.3) is 6.08 Å². The first-order chi connectivity index (χ1) is 14.1. The summed E-state index contributed by atoms with van der Waals surface area (Å²) >= 11 is 5.92. The minimum Gasteiger partial charge on any atom is -0.494 e. The molecule has 29 heavy (non-hydrogen) atoms. The summed E-state index contributed by atoms with van der Waals surface area (Å²) in [5, 5.41) is 9.77. The molecule has 5 heteroatoms. The molecule has 2 aromatic rings. The molecule has 2 aliphatic rings. The first-order valence-electron chi connectivity index (χ1n) is 10.2. The van der Waals surface area contributed by atoms with Gasteiger partial charge in [0, 0.05) is 24.7 Å². The Morgan fingerprint density at radius 2 is 1.93 bits per heavy atom. The number of hydrogen-bond acceptors (Lipinski definition) is 3. The first-order valence-corrected chi connectivity index (χ1v) is 10.6. The molecule has 0 bridgehead atoms. The topological polar surface area (TPSA) is 49.8 Å². The van der Waals surface area contributed by atoms with E-state index in [1.54, 1.807) is 0 Å². The van der Waals surface area contributed by atoms with Crippen LogP contribution in [0.15, 0.2) is 48.0 Å². The number of benzene rings is 2. The second-order valence-electron chi connectivity index (χ2n) is 7.97. The average Bonchev–Trinajstić information content (AvgIpc) is 2.68. The Labute approximate surface area is 176 Å². The number of halogens is 1. The Bertz CT molecular complexity index is 901. The first kappa shape index (κ1) is 20.0. The molecular formula is C24H26ClNO3. The van der Waals surface area contributed by atoms with E-state index in [0.29, 0.717) is 19.7 Å². The van der Waals surface area contributed by atoms with E-state index in [1.165, 1.54) is 22.3 Å². The number of hydrogen-bond donors (Lipinski definition) is 1. The fourth-order valence-electron chi connectivity index (χ4n) is 4.00. The van der Waals surface area contributed by atoms with E-state index in [0.717, 1.165) is 43.0 Å². The minimum atomic E-state index is -0.676. The quantitative estimate of drug-likeness (QED) is 0.640. The Kier molecular flexibility index (Phi) is 6.22. The highest BCUT2D eigenvalue weighted by atomic mass is 35.5. The molecule has 4 nitrogen and oxygen atoms in total. The summed E-state index contributed by atoms with van der Waals surface area (Å²) in [7, 11) is 0. The number of carbonyl (C=O) groups is 1. The molecule has 0 unspecified atom stereocenters. The van der Waals surface area contributed by atoms with Crippen molar-refractivity contribution in [3.8, 4) is 5.75 Å². The van der Waals surface area contributed by atoms with Gasteiger partial charge in [-0.25, -0.2) is 0 Å². The number of carboxylic acids is 1. The van der Waals surface area contributed by atoms with Crippen molar-refractivity contribution in [2.45, 2.75) is 25.7 Å². The van der Waals surface area contributed by atoms with Crippen LogP contribution >= 0.6 is 11.6 Å². The third kappa shape index (κ3) is 5.20. The van der Waals surface area contributed by atoms with Crippen molar-refractivity contribution in [3.63, 3.8) is 0 Å². The zero-order valence-electron chi connectivity index (χ0n) is 16.4. The van der Waals surface area contributed by atoms with E-state index >= 15 is 0 Å². The van der Waals surface area contributed by atoms with Gasteiger partial charge in [-0.2, -0.15) is 0 Å². The molecule has 0 atom stereocenters. The van der Waals surface area contributed by atoms with Crippen LogP contribution < -0.4 is 4.74 Å². The second kappa shape index (κ2) is 9.02. The van der Waals surface area contributed by atoms with E-state index in [9.17, 15) is 4.79 Å². The number of likely N-dealkylation sites (tertiary alicyclic amines) is 1. The average molecular weight is 412 g/mol. The van der Waals surface area contributed by atoms with Crippen LogP contribution in [0.1, 0.15) is 29.5 Å². The number of ether oxygens (including phenoxy) is 1. The summed E-state index contributed by atoms with van der Waals surface area (Å²) in [5.41, 5.74) is 5.25. The highest BCUT2D eigenvalue weighted by molar-refractivity contribution is 6.30. The van der Waals surface area contributed by atoms with Crippen molar-refractivity contribution in [1.29, 1.82) is 0 Å². The van der Waals surface area contributed by atoms with Crippen LogP contribution in [0.4, 0.5) is 0 Å². The normalized spacial score (nSPS) is 16.7. The summed E-state index contributed by atoms with van der Waals surface area (Å²) < 4.78 is 5.96. The lowest BCUT2D eigenvalue weighted by Crippen LogP contribution is -2.50. The molecule has 1 fully saturated rings. The van der Waals surface area contributed by atoms with E-state index in [-0.39, 0.29) is 5.92 Å². The molecule has 152 valence electrons. The Hall–Kier alpha value is -2.30. The van der Waals surface area contributed by atoms with E-state index in [4.69, 9.17) is 21.4 Å². The number of aryl methyl sites for hydroxylation is 2. The van der Waals surface area contributed by atoms with Crippen LogP contribution in [0.5, 0.6) is 5.75 Å². The zero-order chi connectivity index (χ0) is 20.2. The summed E-state index contributed by atoms with van der Waals surface area (Å²) in [6.45, 7) is 2.92. The highest BCUT2D eigenvalue weighted by Gasteiger charge is 2.32. The lowest BCUT2D eigenvalue weighted by molar-refractivity contribution is -0.147. The van der Waals surface area contributed by atoms with Gasteiger partial charge < -0.3 is 9.84 Å². The number of rotatable bonds is 8. The molecule has 1 N–H and O–H groups in total. The van der Waals surface area contributed by atoms with Crippen molar-refractivity contribution in [2.75, 3.05) is 26.2 Å². The lowest BCUT2D eigenvalue weighted by atomic mass is 9.90. The van der Waals surface area contributed by atoms with Crippen molar-refractivity contribution in [2.24, 2.45) is 5.92 Å². The molecule has 1 aliphatic carbocycles. The number of aliphatic carboxylic acids is 1. The van der Waals surface area contributed by atoms with E-state index < -0.39 is 5.97 Å².